The van der Waals surface area contributed by atoms with Gasteiger partial charge in [-0.15, -0.1) is 5.10 Å². The number of rotatable bonds is 7. The highest BCUT2D eigenvalue weighted by atomic mass is 19.4. The maximum Gasteiger partial charge on any atom is 0.416 e. The molecule has 5 aromatic rings. The van der Waals surface area contributed by atoms with Crippen LogP contribution in [0, 0.1) is 0 Å². The smallest absolute Gasteiger partial charge is 0.416 e. The normalized spacial score (nSPS) is 11.7. The first-order chi connectivity index (χ1) is 17.4. The molecule has 2 heterocycles. The second kappa shape index (κ2) is 9.37. The van der Waals surface area contributed by atoms with E-state index in [4.69, 9.17) is 14.5 Å². The molecule has 0 saturated carbocycles. The Morgan fingerprint density at radius 2 is 1.78 bits per heavy atom. The van der Waals surface area contributed by atoms with Crippen molar-refractivity contribution in [3.63, 3.8) is 0 Å². The number of ether oxygens (including phenoxy) is 2. The molecule has 0 unspecified atom stereocenters. The quantitative estimate of drug-likeness (QED) is 0.317. The number of hydrogen-bond acceptors (Lipinski definition) is 6. The van der Waals surface area contributed by atoms with Gasteiger partial charge in [0.15, 0.2) is 5.65 Å². The van der Waals surface area contributed by atoms with E-state index in [-0.39, 0.29) is 11.3 Å². The van der Waals surface area contributed by atoms with Crippen molar-refractivity contribution in [2.45, 2.75) is 12.6 Å². The topological polar surface area (TPSA) is 73.6 Å². The molecule has 0 atom stereocenters. The number of fused-ring (bicyclic) bond motifs is 3. The zero-order valence-electron chi connectivity index (χ0n) is 19.5. The van der Waals surface area contributed by atoms with Crippen molar-refractivity contribution >= 4 is 22.4 Å². The molecule has 0 bridgehead atoms. The SMILES string of the molecule is COc1ccc(OC)c(CCNc2nc3c(-c4cccc(C(F)(F)F)c4)nnn3c3ccccc23)c1. The van der Waals surface area contributed by atoms with Gasteiger partial charge in [-0.1, -0.05) is 29.5 Å². The molecule has 0 radical (unpaired) electrons. The van der Waals surface area contributed by atoms with Crippen LogP contribution in [0.4, 0.5) is 19.0 Å². The highest BCUT2D eigenvalue weighted by molar-refractivity contribution is 5.93. The van der Waals surface area contributed by atoms with E-state index in [9.17, 15) is 13.2 Å². The zero-order chi connectivity index (χ0) is 25.3. The molecular weight excluding hydrogens is 471 g/mol. The van der Waals surface area contributed by atoms with Gasteiger partial charge in [-0.25, -0.2) is 4.98 Å². The molecule has 0 spiro atoms. The van der Waals surface area contributed by atoms with Gasteiger partial charge in [-0.05, 0) is 54.4 Å². The lowest BCUT2D eigenvalue weighted by Gasteiger charge is -2.13. The number of alkyl halides is 3. The summed E-state index contributed by atoms with van der Waals surface area (Å²) in [5.74, 6) is 2.06. The summed E-state index contributed by atoms with van der Waals surface area (Å²) in [5.41, 5.74) is 1.85. The second-order valence-electron chi connectivity index (χ2n) is 8.08. The summed E-state index contributed by atoms with van der Waals surface area (Å²) < 4.78 is 52.2. The van der Waals surface area contributed by atoms with Crippen molar-refractivity contribution in [3.05, 3.63) is 77.9 Å². The highest BCUT2D eigenvalue weighted by Crippen LogP contribution is 2.33. The monoisotopic (exact) mass is 493 g/mol. The molecule has 0 aliphatic heterocycles. The Balaban J connectivity index is 1.53. The van der Waals surface area contributed by atoms with Crippen LogP contribution in [-0.4, -0.2) is 40.6 Å². The van der Waals surface area contributed by atoms with Gasteiger partial charge in [0, 0.05) is 17.5 Å². The number of benzene rings is 3. The highest BCUT2D eigenvalue weighted by Gasteiger charge is 2.31. The Bertz CT molecular complexity index is 1550. The van der Waals surface area contributed by atoms with Crippen molar-refractivity contribution in [1.82, 2.24) is 19.8 Å². The molecule has 0 amide bonds. The van der Waals surface area contributed by atoms with E-state index < -0.39 is 11.7 Å². The van der Waals surface area contributed by atoms with Crippen LogP contribution >= 0.6 is 0 Å². The molecule has 0 fully saturated rings. The number of nitrogens with zero attached hydrogens (tertiary/aromatic N) is 4. The summed E-state index contributed by atoms with van der Waals surface area (Å²) >= 11 is 0. The summed E-state index contributed by atoms with van der Waals surface area (Å²) in [7, 11) is 3.22. The van der Waals surface area contributed by atoms with Gasteiger partial charge in [-0.3, -0.25) is 0 Å². The fourth-order valence-corrected chi connectivity index (χ4v) is 4.12. The summed E-state index contributed by atoms with van der Waals surface area (Å²) in [4.78, 5) is 4.73. The third kappa shape index (κ3) is 4.37. The first-order valence-electron chi connectivity index (χ1n) is 11.2. The Morgan fingerprint density at radius 3 is 2.56 bits per heavy atom. The molecule has 2 aromatic heterocycles. The first kappa shape index (κ1) is 23.4. The molecule has 184 valence electrons. The van der Waals surface area contributed by atoms with E-state index in [1.54, 1.807) is 24.8 Å². The van der Waals surface area contributed by atoms with E-state index in [1.807, 2.05) is 42.5 Å². The van der Waals surface area contributed by atoms with Crippen LogP contribution in [0.5, 0.6) is 11.5 Å². The van der Waals surface area contributed by atoms with Crippen LogP contribution < -0.4 is 14.8 Å². The number of para-hydroxylation sites is 1. The van der Waals surface area contributed by atoms with E-state index in [1.165, 1.54) is 6.07 Å². The fourth-order valence-electron chi connectivity index (χ4n) is 4.12. The lowest BCUT2D eigenvalue weighted by Crippen LogP contribution is -2.09. The number of anilines is 1. The fraction of sp³-hybridized carbons (Fsp3) is 0.192. The Morgan fingerprint density at radius 1 is 0.944 bits per heavy atom. The Kier molecular flexibility index (Phi) is 6.09. The Hall–Kier alpha value is -4.34. The lowest BCUT2D eigenvalue weighted by molar-refractivity contribution is -0.137. The van der Waals surface area contributed by atoms with Gasteiger partial charge in [0.25, 0.3) is 0 Å². The molecule has 7 nitrogen and oxygen atoms in total. The minimum atomic E-state index is -4.47. The van der Waals surface area contributed by atoms with Gasteiger partial charge >= 0.3 is 6.18 Å². The van der Waals surface area contributed by atoms with E-state index in [0.29, 0.717) is 24.4 Å². The van der Waals surface area contributed by atoms with Gasteiger partial charge in [-0.2, -0.15) is 17.7 Å². The van der Waals surface area contributed by atoms with Crippen LogP contribution in [0.3, 0.4) is 0 Å². The molecular formula is C26H22F3N5O2. The van der Waals surface area contributed by atoms with Crippen LogP contribution in [-0.2, 0) is 12.6 Å². The zero-order valence-corrected chi connectivity index (χ0v) is 19.5. The van der Waals surface area contributed by atoms with E-state index in [2.05, 4.69) is 15.6 Å². The molecule has 1 N–H and O–H groups in total. The van der Waals surface area contributed by atoms with Crippen molar-refractivity contribution in [3.8, 4) is 22.8 Å². The van der Waals surface area contributed by atoms with E-state index >= 15 is 0 Å². The maximum absolute atomic E-state index is 13.3. The lowest BCUT2D eigenvalue weighted by atomic mass is 10.1. The number of methoxy groups -OCH3 is 2. The van der Waals surface area contributed by atoms with Crippen LogP contribution in [0.2, 0.25) is 0 Å². The first-order valence-corrected chi connectivity index (χ1v) is 11.2. The molecule has 3 aromatic carbocycles. The molecule has 10 heteroatoms. The summed E-state index contributed by atoms with van der Waals surface area (Å²) in [6, 6.07) is 18.1. The largest absolute Gasteiger partial charge is 0.497 e. The Labute approximate surface area is 204 Å². The minimum Gasteiger partial charge on any atom is -0.497 e. The van der Waals surface area contributed by atoms with E-state index in [0.717, 1.165) is 40.1 Å². The minimum absolute atomic E-state index is 0.268. The van der Waals surface area contributed by atoms with Crippen LogP contribution in [0.15, 0.2) is 66.7 Å². The average molecular weight is 493 g/mol. The number of hydrogen-bond donors (Lipinski definition) is 1. The third-order valence-electron chi connectivity index (χ3n) is 5.89. The van der Waals surface area contributed by atoms with Gasteiger partial charge in [0.1, 0.15) is 23.0 Å². The summed E-state index contributed by atoms with van der Waals surface area (Å²) in [6.07, 6.45) is -3.84. The second-order valence-corrected chi connectivity index (χ2v) is 8.08. The van der Waals surface area contributed by atoms with Crippen molar-refractivity contribution < 1.29 is 22.6 Å². The van der Waals surface area contributed by atoms with Gasteiger partial charge < -0.3 is 14.8 Å². The number of aromatic nitrogens is 4. The predicted molar refractivity (Wildman–Crippen MR) is 130 cm³/mol. The summed E-state index contributed by atoms with van der Waals surface area (Å²) in [5, 5.41) is 12.5. The van der Waals surface area contributed by atoms with Crippen LogP contribution in [0.1, 0.15) is 11.1 Å². The number of halogens is 3. The number of nitrogens with one attached hydrogen (secondary N) is 1. The predicted octanol–water partition coefficient (Wildman–Crippen LogP) is 5.64. The average Bonchev–Trinajstić information content (AvgIpc) is 3.32. The maximum atomic E-state index is 13.3. The summed E-state index contributed by atoms with van der Waals surface area (Å²) in [6.45, 7) is 0.525. The van der Waals surface area contributed by atoms with Crippen molar-refractivity contribution in [1.29, 1.82) is 0 Å². The molecule has 0 saturated heterocycles. The van der Waals surface area contributed by atoms with Crippen molar-refractivity contribution in [2.75, 3.05) is 26.1 Å². The molecule has 0 aliphatic carbocycles. The van der Waals surface area contributed by atoms with Gasteiger partial charge in [0.05, 0.1) is 25.3 Å². The van der Waals surface area contributed by atoms with Gasteiger partial charge in [0.2, 0.25) is 0 Å². The van der Waals surface area contributed by atoms with Crippen molar-refractivity contribution in [2.24, 2.45) is 0 Å². The van der Waals surface area contributed by atoms with Crippen LogP contribution in [0.25, 0.3) is 27.8 Å². The molecule has 0 aliphatic rings. The molecule has 5 rings (SSSR count). The standard InChI is InChI=1S/C26H22F3N5O2/c1-35-19-10-11-22(36-2)16(15-19)12-13-30-24-20-8-3-4-9-21(20)34-25(31-24)23(32-33-34)17-6-5-7-18(14-17)26(27,28)29/h3-11,14-15H,12-13H2,1-2H3,(H,30,31). The molecule has 36 heavy (non-hydrogen) atoms. The third-order valence-corrected chi connectivity index (χ3v) is 5.89.